The maximum atomic E-state index is 12.1. The van der Waals surface area contributed by atoms with Gasteiger partial charge in [0.05, 0.1) is 18.8 Å². The minimum absolute atomic E-state index is 0.306. The van der Waals surface area contributed by atoms with E-state index in [1.165, 1.54) is 32.1 Å². The van der Waals surface area contributed by atoms with Gasteiger partial charge in [-0.25, -0.2) is 5.43 Å². The largest absolute Gasteiger partial charge is 0.493 e. The predicted molar refractivity (Wildman–Crippen MR) is 92.9 cm³/mol. The molecule has 0 heterocycles. The SMILES string of the molecule is CCCCCCCCOc1ccccc1C(=O)NN=COCC. The molecule has 0 aromatic heterocycles. The topological polar surface area (TPSA) is 59.9 Å². The number of amides is 1. The molecule has 0 bridgehead atoms. The average molecular weight is 320 g/mol. The molecule has 0 saturated heterocycles. The number of nitrogens with one attached hydrogen (secondary N) is 1. The highest BCUT2D eigenvalue weighted by molar-refractivity contribution is 5.96. The van der Waals surface area contributed by atoms with Gasteiger partial charge in [-0.1, -0.05) is 51.2 Å². The zero-order chi connectivity index (χ0) is 16.8. The third kappa shape index (κ3) is 8.24. The molecule has 1 N–H and O–H groups in total. The lowest BCUT2D eigenvalue weighted by Gasteiger charge is -2.10. The Morgan fingerprint density at radius 2 is 1.87 bits per heavy atom. The van der Waals surface area contributed by atoms with E-state index in [2.05, 4.69) is 17.5 Å². The molecule has 5 heteroatoms. The van der Waals surface area contributed by atoms with Gasteiger partial charge in [0.1, 0.15) is 5.75 Å². The van der Waals surface area contributed by atoms with Crippen LogP contribution in [0.3, 0.4) is 0 Å². The number of rotatable bonds is 12. The summed E-state index contributed by atoms with van der Waals surface area (Å²) in [5.41, 5.74) is 2.90. The van der Waals surface area contributed by atoms with E-state index < -0.39 is 0 Å². The lowest BCUT2D eigenvalue weighted by Crippen LogP contribution is -2.19. The smallest absolute Gasteiger partial charge is 0.275 e. The summed E-state index contributed by atoms with van der Waals surface area (Å²) in [4.78, 5) is 12.1. The van der Waals surface area contributed by atoms with Gasteiger partial charge in [-0.3, -0.25) is 4.79 Å². The molecular weight excluding hydrogens is 292 g/mol. The molecule has 0 unspecified atom stereocenters. The van der Waals surface area contributed by atoms with Crippen LogP contribution in [0.5, 0.6) is 5.75 Å². The molecule has 0 spiro atoms. The molecule has 0 fully saturated rings. The van der Waals surface area contributed by atoms with Gasteiger partial charge < -0.3 is 9.47 Å². The first-order valence-electron chi connectivity index (χ1n) is 8.44. The number of hydrogen-bond donors (Lipinski definition) is 1. The number of benzene rings is 1. The Bertz CT molecular complexity index is 475. The second-order valence-corrected chi connectivity index (χ2v) is 5.24. The molecule has 0 saturated carbocycles. The molecule has 0 aliphatic rings. The van der Waals surface area contributed by atoms with E-state index in [1.807, 2.05) is 13.0 Å². The summed E-state index contributed by atoms with van der Waals surface area (Å²) in [6, 6.07) is 7.19. The van der Waals surface area contributed by atoms with Crippen molar-refractivity contribution in [2.24, 2.45) is 5.10 Å². The number of carbonyl (C=O) groups excluding carboxylic acids is 1. The molecule has 1 aromatic rings. The van der Waals surface area contributed by atoms with Gasteiger partial charge in [0.25, 0.3) is 5.91 Å². The number of hydrazone groups is 1. The van der Waals surface area contributed by atoms with Crippen molar-refractivity contribution >= 4 is 12.3 Å². The van der Waals surface area contributed by atoms with Crippen LogP contribution in [0.15, 0.2) is 29.4 Å². The van der Waals surface area contributed by atoms with Crippen LogP contribution in [0.25, 0.3) is 0 Å². The van der Waals surface area contributed by atoms with E-state index in [-0.39, 0.29) is 5.91 Å². The van der Waals surface area contributed by atoms with Gasteiger partial charge in [-0.15, -0.1) is 5.10 Å². The fourth-order valence-corrected chi connectivity index (χ4v) is 2.10. The summed E-state index contributed by atoms with van der Waals surface area (Å²) in [5, 5.41) is 3.71. The van der Waals surface area contributed by atoms with E-state index in [4.69, 9.17) is 9.47 Å². The van der Waals surface area contributed by atoms with Gasteiger partial charge >= 0.3 is 0 Å². The van der Waals surface area contributed by atoms with Crippen LogP contribution in [0.4, 0.5) is 0 Å². The number of nitrogens with zero attached hydrogens (tertiary/aromatic N) is 1. The standard InChI is InChI=1S/C18H28N2O3/c1-3-5-6-7-8-11-14-23-17-13-10-9-12-16(17)18(21)20-19-15-22-4-2/h9-10,12-13,15H,3-8,11,14H2,1-2H3,(H,20,21). The Hall–Kier alpha value is -2.04. The van der Waals surface area contributed by atoms with E-state index in [1.54, 1.807) is 18.2 Å². The molecule has 1 aromatic carbocycles. The number of para-hydroxylation sites is 1. The summed E-state index contributed by atoms with van der Waals surface area (Å²) in [6.07, 6.45) is 8.46. The van der Waals surface area contributed by atoms with Gasteiger partial charge in [0, 0.05) is 0 Å². The fourth-order valence-electron chi connectivity index (χ4n) is 2.10. The minimum Gasteiger partial charge on any atom is -0.493 e. The van der Waals surface area contributed by atoms with Crippen molar-refractivity contribution in [3.05, 3.63) is 29.8 Å². The first kappa shape index (κ1) is 19.0. The van der Waals surface area contributed by atoms with Gasteiger partial charge in [-0.2, -0.15) is 0 Å². The molecule has 0 radical (unpaired) electrons. The number of carbonyl (C=O) groups is 1. The van der Waals surface area contributed by atoms with Gasteiger partial charge in [-0.05, 0) is 25.5 Å². The summed E-state index contributed by atoms with van der Waals surface area (Å²) in [5.74, 6) is 0.282. The van der Waals surface area contributed by atoms with Crippen LogP contribution >= 0.6 is 0 Å². The summed E-state index contributed by atoms with van der Waals surface area (Å²) in [7, 11) is 0. The van der Waals surface area contributed by atoms with Crippen molar-refractivity contribution in [3.63, 3.8) is 0 Å². The van der Waals surface area contributed by atoms with Crippen LogP contribution in [0.2, 0.25) is 0 Å². The molecule has 0 aliphatic carbocycles. The quantitative estimate of drug-likeness (QED) is 0.272. The Labute approximate surface area is 139 Å². The molecule has 128 valence electrons. The normalized spacial score (nSPS) is 10.7. The monoisotopic (exact) mass is 320 g/mol. The first-order chi connectivity index (χ1) is 11.3. The van der Waals surface area contributed by atoms with Crippen molar-refractivity contribution in [2.75, 3.05) is 13.2 Å². The summed E-state index contributed by atoms with van der Waals surface area (Å²) in [6.45, 7) is 5.19. The third-order valence-corrected chi connectivity index (χ3v) is 3.35. The highest BCUT2D eigenvalue weighted by Crippen LogP contribution is 2.18. The second-order valence-electron chi connectivity index (χ2n) is 5.24. The number of unbranched alkanes of at least 4 members (excludes halogenated alkanes) is 5. The number of hydrogen-bond acceptors (Lipinski definition) is 4. The van der Waals surface area contributed by atoms with Crippen molar-refractivity contribution in [3.8, 4) is 5.75 Å². The van der Waals surface area contributed by atoms with Crippen LogP contribution in [-0.2, 0) is 4.74 Å². The number of ether oxygens (including phenoxy) is 2. The molecule has 0 aliphatic heterocycles. The summed E-state index contributed by atoms with van der Waals surface area (Å²) >= 11 is 0. The molecule has 23 heavy (non-hydrogen) atoms. The van der Waals surface area contributed by atoms with E-state index >= 15 is 0 Å². The van der Waals surface area contributed by atoms with Gasteiger partial charge in [0.2, 0.25) is 0 Å². The molecule has 0 atom stereocenters. The fraction of sp³-hybridized carbons (Fsp3) is 0.556. The van der Waals surface area contributed by atoms with E-state index in [0.29, 0.717) is 24.5 Å². The van der Waals surface area contributed by atoms with E-state index in [9.17, 15) is 4.79 Å². The lowest BCUT2D eigenvalue weighted by molar-refractivity contribution is 0.0949. The van der Waals surface area contributed by atoms with Crippen molar-refractivity contribution in [2.45, 2.75) is 52.4 Å². The minimum atomic E-state index is -0.306. The maximum Gasteiger partial charge on any atom is 0.275 e. The van der Waals surface area contributed by atoms with Crippen LogP contribution in [-0.4, -0.2) is 25.5 Å². The van der Waals surface area contributed by atoms with Crippen molar-refractivity contribution < 1.29 is 14.3 Å². The van der Waals surface area contributed by atoms with E-state index in [0.717, 1.165) is 12.8 Å². The summed E-state index contributed by atoms with van der Waals surface area (Å²) < 4.78 is 10.7. The predicted octanol–water partition coefficient (Wildman–Crippen LogP) is 4.14. The van der Waals surface area contributed by atoms with Crippen molar-refractivity contribution in [1.29, 1.82) is 0 Å². The highest BCUT2D eigenvalue weighted by atomic mass is 16.5. The molecular formula is C18H28N2O3. The van der Waals surface area contributed by atoms with Gasteiger partial charge in [0.15, 0.2) is 6.40 Å². The van der Waals surface area contributed by atoms with Crippen molar-refractivity contribution in [1.82, 2.24) is 5.43 Å². The first-order valence-corrected chi connectivity index (χ1v) is 8.44. The Kier molecular flexibility index (Phi) is 10.3. The molecule has 1 rings (SSSR count). The second kappa shape index (κ2) is 12.5. The highest BCUT2D eigenvalue weighted by Gasteiger charge is 2.11. The zero-order valence-electron chi connectivity index (χ0n) is 14.2. The Morgan fingerprint density at radius 3 is 2.65 bits per heavy atom. The Morgan fingerprint density at radius 1 is 1.13 bits per heavy atom. The maximum absolute atomic E-state index is 12.1. The Balaban J connectivity index is 2.39. The van der Waals surface area contributed by atoms with Crippen LogP contribution < -0.4 is 10.2 Å². The lowest BCUT2D eigenvalue weighted by atomic mass is 10.1. The zero-order valence-corrected chi connectivity index (χ0v) is 14.2. The molecule has 5 nitrogen and oxygen atoms in total. The van der Waals surface area contributed by atoms with Crippen LogP contribution in [0, 0.1) is 0 Å². The molecule has 1 amide bonds. The van der Waals surface area contributed by atoms with Crippen LogP contribution in [0.1, 0.15) is 62.7 Å². The third-order valence-electron chi connectivity index (χ3n) is 3.35. The average Bonchev–Trinajstić information content (AvgIpc) is 2.58.